The van der Waals surface area contributed by atoms with Gasteiger partial charge in [-0.3, -0.25) is 9.69 Å². The van der Waals surface area contributed by atoms with Crippen LogP contribution in [0.2, 0.25) is 0 Å². The molecule has 5 N–H and O–H groups in total. The number of aliphatic hydroxyl groups is 4. The molecule has 5 aliphatic heterocycles. The molecule has 11 heteroatoms. The number of H-pyrrole nitrogens is 1. The van der Waals surface area contributed by atoms with Crippen LogP contribution in [0.4, 0.5) is 5.69 Å². The number of fused-ring (bicyclic) bond motifs is 7. The summed E-state index contributed by atoms with van der Waals surface area (Å²) < 4.78 is 12.4. The summed E-state index contributed by atoms with van der Waals surface area (Å²) in [5.41, 5.74) is -0.355. The maximum atomic E-state index is 15.3. The Labute approximate surface area is 330 Å². The molecule has 2 saturated heterocycles. The Hall–Kier alpha value is -3.45. The highest BCUT2D eigenvalue weighted by molar-refractivity contribution is 5.94. The third-order valence-corrected chi connectivity index (χ3v) is 15.9. The van der Waals surface area contributed by atoms with Crippen molar-refractivity contribution in [3.63, 3.8) is 0 Å². The van der Waals surface area contributed by atoms with Gasteiger partial charge in [0.2, 0.25) is 0 Å². The second-order valence-electron chi connectivity index (χ2n) is 18.2. The van der Waals surface area contributed by atoms with Crippen LogP contribution in [0.1, 0.15) is 81.7 Å². The molecule has 2 bridgehead atoms. The highest BCUT2D eigenvalue weighted by Crippen LogP contribution is 2.68. The number of nitrogens with zero attached hydrogens (tertiary/aromatic N) is 3. The van der Waals surface area contributed by atoms with E-state index >= 15 is 4.79 Å². The summed E-state index contributed by atoms with van der Waals surface area (Å²) in [7, 11) is 5.06. The predicted molar refractivity (Wildman–Crippen MR) is 215 cm³/mol. The minimum absolute atomic E-state index is 0.0312. The second-order valence-corrected chi connectivity index (χ2v) is 18.2. The first-order chi connectivity index (χ1) is 26.8. The number of esters is 1. The number of anilines is 1. The van der Waals surface area contributed by atoms with Crippen molar-refractivity contribution in [3.8, 4) is 5.75 Å². The number of benzene rings is 2. The maximum absolute atomic E-state index is 15.3. The zero-order chi connectivity index (χ0) is 39.6. The molecule has 1 aromatic heterocycles. The van der Waals surface area contributed by atoms with Crippen LogP contribution in [0, 0.1) is 11.3 Å². The van der Waals surface area contributed by atoms with E-state index in [0.717, 1.165) is 66.0 Å². The molecule has 6 heterocycles. The van der Waals surface area contributed by atoms with Gasteiger partial charge in [0.15, 0.2) is 0 Å². The van der Waals surface area contributed by atoms with E-state index in [9.17, 15) is 20.4 Å². The Morgan fingerprint density at radius 1 is 1.04 bits per heavy atom. The zero-order valence-electron chi connectivity index (χ0n) is 33.8. The minimum atomic E-state index is -1.89. The number of hydrogen-bond acceptors (Lipinski definition) is 10. The highest BCUT2D eigenvalue weighted by atomic mass is 16.5. The Bertz CT molecular complexity index is 2080. The average Bonchev–Trinajstić information content (AvgIpc) is 3.81. The fourth-order valence-corrected chi connectivity index (χ4v) is 13.4. The van der Waals surface area contributed by atoms with Crippen molar-refractivity contribution in [1.82, 2.24) is 14.8 Å². The van der Waals surface area contributed by atoms with E-state index in [2.05, 4.69) is 63.9 Å². The Kier molecular flexibility index (Phi) is 8.86. The van der Waals surface area contributed by atoms with Crippen LogP contribution in [0.15, 0.2) is 48.6 Å². The van der Waals surface area contributed by atoms with Crippen molar-refractivity contribution in [3.05, 3.63) is 70.9 Å². The van der Waals surface area contributed by atoms with Crippen LogP contribution in [0.25, 0.3) is 10.9 Å². The molecule has 2 aromatic carbocycles. The van der Waals surface area contributed by atoms with Crippen LogP contribution < -0.4 is 9.64 Å². The number of rotatable bonds is 6. The number of likely N-dealkylation sites (N-methyl/N-ethyl adjacent to an activating group) is 1. The number of ether oxygens (including phenoxy) is 2. The highest BCUT2D eigenvalue weighted by Gasteiger charge is 2.77. The second kappa shape index (κ2) is 13.0. The number of para-hydroxylation sites is 1. The molecule has 302 valence electrons. The molecule has 9 rings (SSSR count). The molecule has 6 aliphatic rings. The summed E-state index contributed by atoms with van der Waals surface area (Å²) >= 11 is 0. The lowest BCUT2D eigenvalue weighted by atomic mass is 9.47. The van der Waals surface area contributed by atoms with E-state index in [0.29, 0.717) is 56.4 Å². The number of carbonyl (C=O) groups excluding carboxylic acids is 1. The predicted octanol–water partition coefficient (Wildman–Crippen LogP) is 4.02. The molecule has 1 spiro atoms. The molecule has 11 nitrogen and oxygen atoms in total. The van der Waals surface area contributed by atoms with Crippen LogP contribution in [0.3, 0.4) is 0 Å². The topological polar surface area (TPSA) is 142 Å². The van der Waals surface area contributed by atoms with Crippen molar-refractivity contribution in [2.45, 2.75) is 112 Å². The first-order valence-corrected chi connectivity index (χ1v) is 20.9. The Balaban J connectivity index is 1.36. The van der Waals surface area contributed by atoms with Crippen LogP contribution in [-0.4, -0.2) is 131 Å². The van der Waals surface area contributed by atoms with Gasteiger partial charge >= 0.3 is 5.97 Å². The molecule has 0 radical (unpaired) electrons. The van der Waals surface area contributed by atoms with Crippen LogP contribution in [-0.2, 0) is 26.8 Å². The molecule has 1 aliphatic carbocycles. The van der Waals surface area contributed by atoms with E-state index in [1.54, 1.807) is 14.0 Å². The summed E-state index contributed by atoms with van der Waals surface area (Å²) in [6, 6.07) is 11.6. The quantitative estimate of drug-likeness (QED) is 0.185. The third kappa shape index (κ3) is 4.76. The fourth-order valence-electron chi connectivity index (χ4n) is 13.4. The van der Waals surface area contributed by atoms with E-state index < -0.39 is 45.7 Å². The molecule has 11 atom stereocenters. The van der Waals surface area contributed by atoms with E-state index in [4.69, 9.17) is 9.47 Å². The third-order valence-electron chi connectivity index (χ3n) is 15.9. The molecule has 1 saturated carbocycles. The first-order valence-electron chi connectivity index (χ1n) is 20.9. The van der Waals surface area contributed by atoms with Crippen molar-refractivity contribution < 1.29 is 34.7 Å². The SMILES string of the molecule is CC[C@]1(O)CC2CCN(CCc3c([nH]c4ccccc34)[C@@](C(=O)OC)(c3cc4c(cc3OC)N(C)[C@@H]3[C@]45CCN4CC=C[C@@](CC)([C@@H](O)[C@]3(O)C(C)O)[C@H]45)C2)C1. The van der Waals surface area contributed by atoms with E-state index in [1.165, 1.54) is 7.11 Å². The summed E-state index contributed by atoms with van der Waals surface area (Å²) in [5.74, 6) is 0.109. The van der Waals surface area contributed by atoms with Gasteiger partial charge < -0.3 is 44.7 Å². The maximum Gasteiger partial charge on any atom is 0.322 e. The lowest BCUT2D eigenvalue weighted by molar-refractivity contribution is -0.233. The molecule has 3 unspecified atom stereocenters. The number of carbonyl (C=O) groups is 1. The molecule has 56 heavy (non-hydrogen) atoms. The van der Waals surface area contributed by atoms with Gasteiger partial charge in [0.1, 0.15) is 16.8 Å². The van der Waals surface area contributed by atoms with Crippen molar-refractivity contribution in [2.24, 2.45) is 11.3 Å². The van der Waals surface area contributed by atoms with Gasteiger partial charge in [0.05, 0.1) is 38.1 Å². The molecule has 0 amide bonds. The smallest absolute Gasteiger partial charge is 0.322 e. The van der Waals surface area contributed by atoms with Crippen LogP contribution in [0.5, 0.6) is 5.75 Å². The lowest BCUT2D eigenvalue weighted by Crippen LogP contribution is -2.81. The summed E-state index contributed by atoms with van der Waals surface area (Å²) in [5, 5.41) is 50.2. The van der Waals surface area contributed by atoms with Crippen LogP contribution >= 0.6 is 0 Å². The fraction of sp³-hybridized carbons (Fsp3) is 0.622. The van der Waals surface area contributed by atoms with Gasteiger partial charge in [0.25, 0.3) is 0 Å². The number of aromatic amines is 1. The monoisotopic (exact) mass is 768 g/mol. The normalized spacial score (nSPS) is 39.4. The Morgan fingerprint density at radius 3 is 2.54 bits per heavy atom. The number of aliphatic hydroxyl groups excluding tert-OH is 2. The summed E-state index contributed by atoms with van der Waals surface area (Å²) in [6.07, 6.45) is 6.06. The minimum Gasteiger partial charge on any atom is -0.496 e. The zero-order valence-corrected chi connectivity index (χ0v) is 33.8. The number of hydrogen-bond donors (Lipinski definition) is 5. The van der Waals surface area contributed by atoms with Gasteiger partial charge in [-0.15, -0.1) is 0 Å². The van der Waals surface area contributed by atoms with Gasteiger partial charge in [-0.1, -0.05) is 44.2 Å². The van der Waals surface area contributed by atoms with Crippen molar-refractivity contribution in [2.75, 3.05) is 58.9 Å². The summed E-state index contributed by atoms with van der Waals surface area (Å²) in [4.78, 5) is 26.0. The van der Waals surface area contributed by atoms with E-state index in [1.807, 2.05) is 25.2 Å². The lowest BCUT2D eigenvalue weighted by Gasteiger charge is -2.65. The van der Waals surface area contributed by atoms with Gasteiger partial charge in [-0.25, -0.2) is 0 Å². The largest absolute Gasteiger partial charge is 0.496 e. The molecular weight excluding hydrogens is 709 g/mol. The number of aromatic nitrogens is 1. The van der Waals surface area contributed by atoms with E-state index in [-0.39, 0.29) is 17.9 Å². The van der Waals surface area contributed by atoms with Gasteiger partial charge in [0, 0.05) is 77.5 Å². The number of nitrogens with one attached hydrogen (secondary N) is 1. The average molecular weight is 769 g/mol. The molecule has 3 aromatic rings. The molecular formula is C45H60N4O7. The Morgan fingerprint density at radius 2 is 1.82 bits per heavy atom. The van der Waals surface area contributed by atoms with Crippen molar-refractivity contribution >= 4 is 22.6 Å². The van der Waals surface area contributed by atoms with Crippen molar-refractivity contribution in [1.29, 1.82) is 0 Å². The van der Waals surface area contributed by atoms with Gasteiger partial charge in [-0.05, 0) is 94.1 Å². The number of methoxy groups -OCH3 is 2. The summed E-state index contributed by atoms with van der Waals surface area (Å²) in [6.45, 7) is 9.35. The standard InChI is InChI=1S/C45H60N4O7/c1-7-41(53)24-28-14-19-48(26-41)20-15-30-29-12-9-10-13-33(29)46-36(30)44(25-28,40(52)56-6)32-22-31-34(23-35(32)55-5)47(4)38-43(31)17-21-49-18-11-16-42(8-2,37(43)49)39(51)45(38,54)27(3)50/h9-13,16,22-23,27-28,37-39,46,50-51,53-54H,7-8,14-15,17-21,24-26H2,1-6H3/t27?,28?,37-,38+,39+,41-,42+,43+,44-,45-/m0/s1. The van der Waals surface area contributed by atoms with Gasteiger partial charge in [-0.2, -0.15) is 0 Å². The molecule has 3 fully saturated rings. The first kappa shape index (κ1) is 38.1.